The Morgan fingerprint density at radius 3 is 3.33 bits per heavy atom. The Morgan fingerprint density at radius 2 is 2.78 bits per heavy atom. The molecule has 0 aliphatic carbocycles. The summed E-state index contributed by atoms with van der Waals surface area (Å²) >= 11 is 1.32. The van der Waals surface area contributed by atoms with Crippen LogP contribution < -0.4 is 0 Å². The first-order valence-electron chi connectivity index (χ1n) is 2.46. The van der Waals surface area contributed by atoms with Gasteiger partial charge in [-0.2, -0.15) is 0 Å². The zero-order valence-electron chi connectivity index (χ0n) is 5.03. The van der Waals surface area contributed by atoms with Crippen LogP contribution in [-0.4, -0.2) is 11.2 Å². The van der Waals surface area contributed by atoms with Crippen LogP contribution >= 0.6 is 12.0 Å². The van der Waals surface area contributed by atoms with Gasteiger partial charge in [-0.05, 0) is 12.0 Å². The third kappa shape index (κ3) is 2.07. The number of hydrogen-bond acceptors (Lipinski definition) is 4. The largest absolute Gasteiger partial charge is 0.451 e. The summed E-state index contributed by atoms with van der Waals surface area (Å²) < 4.78 is 9.68. The molecule has 9 heavy (non-hydrogen) atoms. The van der Waals surface area contributed by atoms with Gasteiger partial charge in [-0.1, -0.05) is 0 Å². The predicted molar refractivity (Wildman–Crippen MR) is 34.8 cm³/mol. The van der Waals surface area contributed by atoms with Gasteiger partial charge < -0.3 is 8.60 Å². The molecule has 1 aromatic rings. The fourth-order valence-corrected chi connectivity index (χ4v) is 0.667. The normalized spacial score (nSPS) is 9.89. The van der Waals surface area contributed by atoms with Crippen LogP contribution in [-0.2, 0) is 10.8 Å². The van der Waals surface area contributed by atoms with Crippen molar-refractivity contribution in [2.24, 2.45) is 0 Å². The zero-order valence-corrected chi connectivity index (χ0v) is 5.85. The van der Waals surface area contributed by atoms with E-state index < -0.39 is 0 Å². The number of aromatic nitrogens is 1. The summed E-state index contributed by atoms with van der Waals surface area (Å²) in [5.41, 5.74) is 0.823. The molecule has 0 N–H and O–H groups in total. The van der Waals surface area contributed by atoms with Crippen LogP contribution in [0, 0.1) is 0 Å². The quantitative estimate of drug-likeness (QED) is 0.603. The molecule has 1 aromatic heterocycles. The molecule has 1 heterocycles. The molecule has 3 nitrogen and oxygen atoms in total. The van der Waals surface area contributed by atoms with E-state index in [0.29, 0.717) is 6.61 Å². The van der Waals surface area contributed by atoms with Crippen molar-refractivity contribution >= 4 is 12.0 Å². The molecule has 0 aromatic carbocycles. The van der Waals surface area contributed by atoms with Gasteiger partial charge in [0, 0.05) is 6.26 Å². The molecule has 0 atom stereocenters. The van der Waals surface area contributed by atoms with Crippen molar-refractivity contribution in [2.75, 3.05) is 6.26 Å². The van der Waals surface area contributed by atoms with E-state index in [1.165, 1.54) is 18.4 Å². The lowest BCUT2D eigenvalue weighted by atomic mass is 10.5. The van der Waals surface area contributed by atoms with E-state index in [-0.39, 0.29) is 0 Å². The Morgan fingerprint density at radius 1 is 1.89 bits per heavy atom. The Hall–Kier alpha value is -0.480. The van der Waals surface area contributed by atoms with Gasteiger partial charge in [0.15, 0.2) is 6.39 Å². The third-order valence-electron chi connectivity index (χ3n) is 0.808. The molecule has 1 rings (SSSR count). The van der Waals surface area contributed by atoms with E-state index in [0.717, 1.165) is 5.69 Å². The zero-order chi connectivity index (χ0) is 6.53. The van der Waals surface area contributed by atoms with E-state index in [1.807, 2.05) is 6.26 Å². The van der Waals surface area contributed by atoms with Crippen LogP contribution in [0.4, 0.5) is 0 Å². The molecule has 0 amide bonds. The van der Waals surface area contributed by atoms with Crippen LogP contribution in [0.1, 0.15) is 5.69 Å². The first-order valence-corrected chi connectivity index (χ1v) is 3.61. The fourth-order valence-electron chi connectivity index (χ4n) is 0.428. The lowest BCUT2D eigenvalue weighted by Crippen LogP contribution is -1.83. The van der Waals surface area contributed by atoms with Gasteiger partial charge in [0.25, 0.3) is 0 Å². The van der Waals surface area contributed by atoms with Crippen molar-refractivity contribution < 1.29 is 8.60 Å². The SMILES string of the molecule is CSOCc1cocn1. The first-order chi connectivity index (χ1) is 4.43. The second-order valence-electron chi connectivity index (χ2n) is 1.41. The lowest BCUT2D eigenvalue weighted by Gasteiger charge is -1.90. The molecule has 0 saturated heterocycles. The van der Waals surface area contributed by atoms with Crippen LogP contribution in [0.2, 0.25) is 0 Å². The summed E-state index contributed by atoms with van der Waals surface area (Å²) in [6.07, 6.45) is 4.81. The van der Waals surface area contributed by atoms with Crippen molar-refractivity contribution in [1.29, 1.82) is 0 Å². The Balaban J connectivity index is 2.30. The van der Waals surface area contributed by atoms with Crippen molar-refractivity contribution in [2.45, 2.75) is 6.61 Å². The smallest absolute Gasteiger partial charge is 0.180 e. The standard InChI is InChI=1S/C5H7NO2S/c1-9-8-3-5-2-7-4-6-5/h2,4H,3H2,1H3. The van der Waals surface area contributed by atoms with Crippen LogP contribution in [0.15, 0.2) is 17.1 Å². The van der Waals surface area contributed by atoms with Crippen LogP contribution in [0.25, 0.3) is 0 Å². The highest BCUT2D eigenvalue weighted by atomic mass is 32.2. The highest BCUT2D eigenvalue weighted by Gasteiger charge is 1.92. The monoisotopic (exact) mass is 145 g/mol. The van der Waals surface area contributed by atoms with E-state index >= 15 is 0 Å². The molecule has 0 unspecified atom stereocenters. The molecule has 50 valence electrons. The van der Waals surface area contributed by atoms with Gasteiger partial charge >= 0.3 is 0 Å². The molecule has 0 aliphatic rings. The maximum absolute atomic E-state index is 4.97. The van der Waals surface area contributed by atoms with Gasteiger partial charge in [0.1, 0.15) is 18.6 Å². The molecule has 0 bridgehead atoms. The minimum Gasteiger partial charge on any atom is -0.451 e. The number of rotatable bonds is 3. The maximum atomic E-state index is 4.97. The van der Waals surface area contributed by atoms with E-state index in [1.54, 1.807) is 6.26 Å². The van der Waals surface area contributed by atoms with Gasteiger partial charge in [0.05, 0.1) is 0 Å². The van der Waals surface area contributed by atoms with Gasteiger partial charge in [-0.3, -0.25) is 0 Å². The molecular weight excluding hydrogens is 138 g/mol. The fraction of sp³-hybridized carbons (Fsp3) is 0.400. The lowest BCUT2D eigenvalue weighted by molar-refractivity contribution is 0.359. The number of oxazole rings is 1. The van der Waals surface area contributed by atoms with E-state index in [9.17, 15) is 0 Å². The van der Waals surface area contributed by atoms with Crippen molar-refractivity contribution in [3.63, 3.8) is 0 Å². The topological polar surface area (TPSA) is 35.3 Å². The second kappa shape index (κ2) is 3.53. The summed E-state index contributed by atoms with van der Waals surface area (Å²) in [5.74, 6) is 0. The summed E-state index contributed by atoms with van der Waals surface area (Å²) in [6, 6.07) is 0. The Bertz CT molecular complexity index is 152. The predicted octanol–water partition coefficient (Wildman–Crippen LogP) is 1.47. The maximum Gasteiger partial charge on any atom is 0.180 e. The van der Waals surface area contributed by atoms with Crippen LogP contribution in [0.5, 0.6) is 0 Å². The number of hydrogen-bond donors (Lipinski definition) is 0. The van der Waals surface area contributed by atoms with Crippen molar-refractivity contribution in [1.82, 2.24) is 4.98 Å². The average Bonchev–Trinajstić information content (AvgIpc) is 2.34. The molecule has 0 saturated carbocycles. The Labute approximate surface area is 57.6 Å². The minimum absolute atomic E-state index is 0.512. The van der Waals surface area contributed by atoms with E-state index in [2.05, 4.69) is 4.98 Å². The summed E-state index contributed by atoms with van der Waals surface area (Å²) in [6.45, 7) is 0.512. The minimum atomic E-state index is 0.512. The van der Waals surface area contributed by atoms with Crippen molar-refractivity contribution in [3.8, 4) is 0 Å². The molecule has 0 aliphatic heterocycles. The third-order valence-corrected chi connectivity index (χ3v) is 1.16. The van der Waals surface area contributed by atoms with Crippen LogP contribution in [0.3, 0.4) is 0 Å². The van der Waals surface area contributed by atoms with Gasteiger partial charge in [0.2, 0.25) is 0 Å². The van der Waals surface area contributed by atoms with E-state index in [4.69, 9.17) is 8.60 Å². The average molecular weight is 145 g/mol. The molecular formula is C5H7NO2S. The molecule has 0 radical (unpaired) electrons. The Kier molecular flexibility index (Phi) is 2.60. The summed E-state index contributed by atoms with van der Waals surface area (Å²) in [5, 5.41) is 0. The number of nitrogens with zero attached hydrogens (tertiary/aromatic N) is 1. The first kappa shape index (κ1) is 6.64. The highest BCUT2D eigenvalue weighted by molar-refractivity contribution is 7.93. The summed E-state index contributed by atoms with van der Waals surface area (Å²) in [4.78, 5) is 3.85. The van der Waals surface area contributed by atoms with Crippen molar-refractivity contribution in [3.05, 3.63) is 18.4 Å². The van der Waals surface area contributed by atoms with Gasteiger partial charge in [-0.15, -0.1) is 0 Å². The molecule has 0 spiro atoms. The summed E-state index contributed by atoms with van der Waals surface area (Å²) in [7, 11) is 0. The molecule has 4 heteroatoms. The highest BCUT2D eigenvalue weighted by Crippen LogP contribution is 2.02. The van der Waals surface area contributed by atoms with Gasteiger partial charge in [-0.25, -0.2) is 4.98 Å². The molecule has 0 fully saturated rings. The second-order valence-corrected chi connectivity index (χ2v) is 1.98.